The molecule has 3 saturated heterocycles. The van der Waals surface area contributed by atoms with E-state index in [1.54, 1.807) is 16.5 Å². The zero-order chi connectivity index (χ0) is 50.2. The van der Waals surface area contributed by atoms with Crippen molar-refractivity contribution in [2.45, 2.75) is 109 Å². The number of aromatic hydroxyl groups is 1. The van der Waals surface area contributed by atoms with Crippen LogP contribution in [-0.4, -0.2) is 125 Å². The smallest absolute Gasteiger partial charge is 0.243 e. The monoisotopic (exact) mass is 978 g/mol. The molecule has 3 aliphatic heterocycles. The molecule has 1 saturated carbocycles. The van der Waals surface area contributed by atoms with Crippen LogP contribution in [0.3, 0.4) is 0 Å². The number of amides is 2. The van der Waals surface area contributed by atoms with Crippen molar-refractivity contribution >= 4 is 29.2 Å². The van der Waals surface area contributed by atoms with Gasteiger partial charge in [0.2, 0.25) is 17.6 Å². The number of aliphatic hydroxyl groups excluding tert-OH is 1. The van der Waals surface area contributed by atoms with Crippen LogP contribution >= 0.6 is 0 Å². The van der Waals surface area contributed by atoms with E-state index < -0.39 is 18.1 Å². The third kappa shape index (κ3) is 10.4. The number of piperidine rings is 2. The summed E-state index contributed by atoms with van der Waals surface area (Å²) in [5.41, 5.74) is 12.3. The molecule has 378 valence electrons. The zero-order valence-corrected chi connectivity index (χ0v) is 41.9. The van der Waals surface area contributed by atoms with Gasteiger partial charge in [0.15, 0.2) is 11.6 Å². The summed E-state index contributed by atoms with van der Waals surface area (Å²) in [6.07, 6.45) is 11.4. The van der Waals surface area contributed by atoms with E-state index in [-0.39, 0.29) is 60.6 Å². The maximum Gasteiger partial charge on any atom is 0.243 e. The third-order valence-electron chi connectivity index (χ3n) is 15.3. The number of aromatic nitrogens is 6. The number of imidazole rings is 1. The summed E-state index contributed by atoms with van der Waals surface area (Å²) < 4.78 is 16.1. The van der Waals surface area contributed by atoms with Gasteiger partial charge in [-0.05, 0) is 87.5 Å². The maximum atomic E-state index is 14.4. The largest absolute Gasteiger partial charge is 0.507 e. The van der Waals surface area contributed by atoms with Gasteiger partial charge in [0, 0.05) is 88.2 Å². The van der Waals surface area contributed by atoms with Crippen LogP contribution in [0.25, 0.3) is 28.3 Å². The lowest BCUT2D eigenvalue weighted by molar-refractivity contribution is -0.141. The normalized spacial score (nSPS) is 21.9. The Morgan fingerprint density at radius 1 is 0.958 bits per heavy atom. The van der Waals surface area contributed by atoms with Gasteiger partial charge in [-0.15, -0.1) is 0 Å². The van der Waals surface area contributed by atoms with Crippen molar-refractivity contribution in [2.75, 3.05) is 49.9 Å². The number of fused-ring (bicyclic) bond motifs is 1. The highest BCUT2D eigenvalue weighted by molar-refractivity contribution is 5.91. The molecule has 72 heavy (non-hydrogen) atoms. The Balaban J connectivity index is 0.658. The van der Waals surface area contributed by atoms with E-state index in [1.807, 2.05) is 100 Å². The first-order valence-electron chi connectivity index (χ1n) is 25.7. The maximum absolute atomic E-state index is 14.4. The Morgan fingerprint density at radius 2 is 1.71 bits per heavy atom. The number of ether oxygens (including phenoxy) is 1. The molecular formula is C55H67N11O6. The Morgan fingerprint density at radius 3 is 2.42 bits per heavy atom. The number of phenols is 1. The quantitative estimate of drug-likeness (QED) is 0.0916. The Labute approximate surface area is 420 Å². The number of rotatable bonds is 13. The fourth-order valence-corrected chi connectivity index (χ4v) is 11.1. The minimum Gasteiger partial charge on any atom is -0.507 e. The molecule has 0 radical (unpaired) electrons. The summed E-state index contributed by atoms with van der Waals surface area (Å²) in [7, 11) is 1.92. The topological polar surface area (TPSA) is 206 Å². The van der Waals surface area contributed by atoms with E-state index in [2.05, 4.69) is 47.2 Å². The third-order valence-corrected chi connectivity index (χ3v) is 15.3. The first-order chi connectivity index (χ1) is 34.7. The molecule has 4 aromatic heterocycles. The first-order valence-corrected chi connectivity index (χ1v) is 25.7. The minimum atomic E-state index is -0.806. The number of aryl methyl sites for hydroxylation is 2. The van der Waals surface area contributed by atoms with Gasteiger partial charge in [-0.1, -0.05) is 67.2 Å². The van der Waals surface area contributed by atoms with E-state index in [9.17, 15) is 19.8 Å². The molecule has 17 heteroatoms. The second kappa shape index (κ2) is 20.8. The molecule has 4 aliphatic rings. The van der Waals surface area contributed by atoms with Gasteiger partial charge in [0.05, 0.1) is 47.5 Å². The van der Waals surface area contributed by atoms with E-state index >= 15 is 0 Å². The summed E-state index contributed by atoms with van der Waals surface area (Å²) in [4.78, 5) is 43.6. The first kappa shape index (κ1) is 48.9. The van der Waals surface area contributed by atoms with Crippen LogP contribution < -0.4 is 16.0 Å². The number of hydrogen-bond donors (Lipinski definition) is 4. The average Bonchev–Trinajstić information content (AvgIpc) is 4.17. The number of β-amino-alcohol motifs (C(OH)–C–C–N with tert-alkyl or cyclic N) is 1. The van der Waals surface area contributed by atoms with Crippen LogP contribution in [0.4, 0.5) is 11.6 Å². The van der Waals surface area contributed by atoms with Crippen LogP contribution in [0, 0.1) is 36.5 Å². The molecule has 1 aliphatic carbocycles. The molecule has 4 atom stereocenters. The summed E-state index contributed by atoms with van der Waals surface area (Å²) in [6.45, 7) is 12.8. The van der Waals surface area contributed by atoms with Gasteiger partial charge >= 0.3 is 0 Å². The van der Waals surface area contributed by atoms with Gasteiger partial charge < -0.3 is 45.2 Å². The standard InChI is InChI=1S/C55H67N11O6/c1-33(2)50(54(70)66-31-41(67)26-46(66)53(69)58-35(4)38-12-14-39(15-13-38)51-34(3)28-57-62(51)5)48-27-49(61-72-48)64-22-16-36(17-23-64)29-63-20-18-42(19-21-63)71-43-24-37(25-43)10-11-40-30-65-32-45(59-55(65)60-52(40)56)44-8-6-7-9-47(44)68/h6-9,12-15,27-28,30,32-33,35-37,41-43,46,50,67-68H,16-26,29,31H2,1-5H3,(H,58,69)(H2,56,59,60)/t35-,37?,41+,43?,46-,50+/m0/s1. The molecule has 6 aromatic rings. The van der Waals surface area contributed by atoms with Crippen LogP contribution in [0.2, 0.25) is 0 Å². The summed E-state index contributed by atoms with van der Waals surface area (Å²) >= 11 is 0. The number of anilines is 2. The lowest BCUT2D eigenvalue weighted by atomic mass is 9.82. The second-order valence-electron chi connectivity index (χ2n) is 20.9. The van der Waals surface area contributed by atoms with Crippen molar-refractivity contribution in [1.82, 2.24) is 44.4 Å². The van der Waals surface area contributed by atoms with E-state index in [1.165, 1.54) is 4.90 Å². The lowest BCUT2D eigenvalue weighted by Gasteiger charge is -2.40. The van der Waals surface area contributed by atoms with E-state index in [0.29, 0.717) is 40.1 Å². The highest BCUT2D eigenvalue weighted by Crippen LogP contribution is 2.36. The molecule has 2 amide bonds. The minimum absolute atomic E-state index is 0.0807. The Bertz CT molecular complexity index is 2930. The van der Waals surface area contributed by atoms with Crippen LogP contribution in [-0.2, 0) is 21.4 Å². The number of benzene rings is 2. The van der Waals surface area contributed by atoms with Crippen LogP contribution in [0.1, 0.15) is 100 Å². The number of hydrogen-bond acceptors (Lipinski definition) is 13. The van der Waals surface area contributed by atoms with Crippen molar-refractivity contribution in [3.05, 3.63) is 95.6 Å². The molecule has 17 nitrogen and oxygen atoms in total. The number of para-hydroxylation sites is 1. The molecule has 0 spiro atoms. The molecule has 7 heterocycles. The van der Waals surface area contributed by atoms with Crippen LogP contribution in [0.15, 0.2) is 77.7 Å². The second-order valence-corrected chi connectivity index (χ2v) is 20.9. The fraction of sp³-hybridized carbons (Fsp3) is 0.491. The van der Waals surface area contributed by atoms with E-state index in [0.717, 1.165) is 99.5 Å². The number of nitrogens with one attached hydrogen (secondary N) is 1. The summed E-state index contributed by atoms with van der Waals surface area (Å²) in [5, 5.41) is 33.0. The highest BCUT2D eigenvalue weighted by atomic mass is 16.5. The molecule has 0 unspecified atom stereocenters. The Kier molecular flexibility index (Phi) is 14.1. The summed E-state index contributed by atoms with van der Waals surface area (Å²) in [5.74, 6) is 8.32. The van der Waals surface area contributed by atoms with Gasteiger partial charge in [0.1, 0.15) is 23.5 Å². The number of likely N-dealkylation sites (tertiary alicyclic amines) is 2. The number of nitrogens with zero attached hydrogens (tertiary/aromatic N) is 9. The van der Waals surface area contributed by atoms with Gasteiger partial charge in [-0.2, -0.15) is 10.1 Å². The van der Waals surface area contributed by atoms with Crippen molar-refractivity contribution in [3.8, 4) is 40.1 Å². The van der Waals surface area contributed by atoms with Gasteiger partial charge in [-0.25, -0.2) is 4.98 Å². The van der Waals surface area contributed by atoms with E-state index in [4.69, 9.17) is 15.0 Å². The van der Waals surface area contributed by atoms with Gasteiger partial charge in [0.25, 0.3) is 0 Å². The molecule has 0 bridgehead atoms. The molecule has 2 aromatic carbocycles. The lowest BCUT2D eigenvalue weighted by Crippen LogP contribution is -2.48. The number of aliphatic hydroxyl groups is 1. The fourth-order valence-electron chi connectivity index (χ4n) is 11.1. The SMILES string of the molecule is Cc1cnn(C)c1-c1ccc([C@H](C)NC(=O)[C@@H]2C[C@@H](O)CN2C(=O)[C@@H](c2cc(N3CCC(CN4CCC(OC5CC(C#Cc6cn7cc(-c8ccccc8O)nc7nc6N)C5)CC4)CC3)no2)C(C)C)cc1. The molecule has 10 rings (SSSR count). The molecule has 5 N–H and O–H groups in total. The molecular weight excluding hydrogens is 911 g/mol. The summed E-state index contributed by atoms with van der Waals surface area (Å²) in [6, 6.07) is 15.9. The highest BCUT2D eigenvalue weighted by Gasteiger charge is 2.44. The van der Waals surface area contributed by atoms with Crippen molar-refractivity contribution in [1.29, 1.82) is 0 Å². The predicted octanol–water partition coefficient (Wildman–Crippen LogP) is 6.49. The number of carbonyl (C=O) groups is 2. The van der Waals surface area contributed by atoms with Crippen molar-refractivity contribution < 1.29 is 29.1 Å². The van der Waals surface area contributed by atoms with Crippen molar-refractivity contribution in [2.24, 2.45) is 24.8 Å². The Hall–Kier alpha value is -6.74. The predicted molar refractivity (Wildman–Crippen MR) is 274 cm³/mol. The van der Waals surface area contributed by atoms with Crippen molar-refractivity contribution in [3.63, 3.8) is 0 Å². The average molecular weight is 978 g/mol. The number of carbonyl (C=O) groups excluding carboxylic acids is 2. The van der Waals surface area contributed by atoms with Gasteiger partial charge in [-0.3, -0.25) is 18.7 Å². The number of nitrogen functional groups attached to an aromatic ring is 1. The number of nitrogens with two attached hydrogens (primary N) is 1. The number of phenolic OH excluding ortho intramolecular Hbond substituents is 1. The molecule has 4 fully saturated rings. The zero-order valence-electron chi connectivity index (χ0n) is 41.9. The van der Waals surface area contributed by atoms with Crippen LogP contribution in [0.5, 0.6) is 5.75 Å².